The molecular weight excluding hydrogens is 414 g/mol. The number of carbonyl (C=O) groups excluding carboxylic acids is 1. The van der Waals surface area contributed by atoms with Crippen LogP contribution in [0.1, 0.15) is 32.8 Å². The predicted octanol–water partition coefficient (Wildman–Crippen LogP) is 2.87. The van der Waals surface area contributed by atoms with E-state index in [1.807, 2.05) is 18.2 Å². The molecule has 4 fully saturated rings. The summed E-state index contributed by atoms with van der Waals surface area (Å²) in [6.45, 7) is 10.9. The standard InChI is InChI=1S/C28H35NO4/c1-13-10-14(2)20-21-19(11-13)33-25-16(4)15(3)22-18(12-17-8-6-5-7-9-17)29-27(32)28(22,23(21)25)26(31)24(20)30/h5-10,13,15,18-26,30-31H,4,11-12H2,1-3H3,(H,29,32)/t13-,15-,18+,19-,20+,21+,22+,23+,24-,25-,26-,28-/m1/s1. The minimum absolute atomic E-state index is 0.00238. The molecule has 3 N–H and O–H groups in total. The van der Waals surface area contributed by atoms with E-state index in [0.29, 0.717) is 12.3 Å². The van der Waals surface area contributed by atoms with Gasteiger partial charge in [0.15, 0.2) is 0 Å². The van der Waals surface area contributed by atoms with Gasteiger partial charge in [0.2, 0.25) is 5.91 Å². The van der Waals surface area contributed by atoms with Crippen molar-refractivity contribution in [1.29, 1.82) is 0 Å². The maximum absolute atomic E-state index is 14.0. The Morgan fingerprint density at radius 2 is 1.91 bits per heavy atom. The van der Waals surface area contributed by atoms with Crippen LogP contribution in [0.15, 0.2) is 54.1 Å². The molecule has 1 amide bonds. The van der Waals surface area contributed by atoms with Crippen molar-refractivity contribution in [3.8, 4) is 0 Å². The number of aliphatic hydroxyl groups is 2. The van der Waals surface area contributed by atoms with Crippen molar-refractivity contribution in [1.82, 2.24) is 5.32 Å². The Hall–Kier alpha value is -1.95. The number of allylic oxidation sites excluding steroid dienone is 1. The fourth-order valence-corrected chi connectivity index (χ4v) is 8.69. The highest BCUT2D eigenvalue weighted by atomic mass is 16.5. The molecule has 1 spiro atoms. The molecule has 33 heavy (non-hydrogen) atoms. The third-order valence-corrected chi connectivity index (χ3v) is 9.80. The number of benzene rings is 1. The maximum Gasteiger partial charge on any atom is 0.229 e. The van der Waals surface area contributed by atoms with Gasteiger partial charge >= 0.3 is 0 Å². The van der Waals surface area contributed by atoms with Crippen LogP contribution in [-0.4, -0.2) is 46.6 Å². The predicted molar refractivity (Wildman–Crippen MR) is 125 cm³/mol. The highest BCUT2D eigenvalue weighted by Crippen LogP contribution is 2.68. The molecular formula is C28H35NO4. The van der Waals surface area contributed by atoms with Crippen LogP contribution in [0.25, 0.3) is 0 Å². The highest BCUT2D eigenvalue weighted by molar-refractivity contribution is 5.88. The molecule has 5 heteroatoms. The van der Waals surface area contributed by atoms with E-state index in [9.17, 15) is 15.0 Å². The summed E-state index contributed by atoms with van der Waals surface area (Å²) in [5.74, 6) is -0.303. The third-order valence-electron chi connectivity index (χ3n) is 9.80. The molecule has 1 aromatic carbocycles. The van der Waals surface area contributed by atoms with Gasteiger partial charge < -0.3 is 20.3 Å². The van der Waals surface area contributed by atoms with Gasteiger partial charge in [-0.2, -0.15) is 0 Å². The normalized spacial score (nSPS) is 50.2. The Kier molecular flexibility index (Phi) is 4.75. The summed E-state index contributed by atoms with van der Waals surface area (Å²) in [4.78, 5) is 14.0. The number of amides is 1. The van der Waals surface area contributed by atoms with E-state index < -0.39 is 17.6 Å². The monoisotopic (exact) mass is 449 g/mol. The van der Waals surface area contributed by atoms with Gasteiger partial charge in [0.25, 0.3) is 0 Å². The van der Waals surface area contributed by atoms with Crippen LogP contribution in [0.3, 0.4) is 0 Å². The van der Waals surface area contributed by atoms with Gasteiger partial charge in [-0.3, -0.25) is 4.79 Å². The second kappa shape index (κ2) is 7.27. The summed E-state index contributed by atoms with van der Waals surface area (Å²) in [5.41, 5.74) is 2.25. The van der Waals surface area contributed by atoms with Crippen LogP contribution >= 0.6 is 0 Å². The fourth-order valence-electron chi connectivity index (χ4n) is 8.69. The largest absolute Gasteiger partial charge is 0.390 e. The molecule has 5 nitrogen and oxygen atoms in total. The van der Waals surface area contributed by atoms with Crippen LogP contribution in [0.4, 0.5) is 0 Å². The van der Waals surface area contributed by atoms with Gasteiger partial charge in [-0.05, 0) is 42.7 Å². The number of hydrogen-bond donors (Lipinski definition) is 3. The van der Waals surface area contributed by atoms with Crippen molar-refractivity contribution in [2.75, 3.05) is 0 Å². The lowest BCUT2D eigenvalue weighted by Gasteiger charge is -2.58. The van der Waals surface area contributed by atoms with E-state index in [-0.39, 0.29) is 53.7 Å². The van der Waals surface area contributed by atoms with Crippen LogP contribution < -0.4 is 5.32 Å². The lowest BCUT2D eigenvalue weighted by Crippen LogP contribution is -2.68. The second-order valence-corrected chi connectivity index (χ2v) is 11.4. The number of carbonyl (C=O) groups is 1. The van der Waals surface area contributed by atoms with Gasteiger partial charge in [-0.25, -0.2) is 0 Å². The van der Waals surface area contributed by atoms with Crippen LogP contribution in [0.2, 0.25) is 0 Å². The number of nitrogens with one attached hydrogen (secondary N) is 1. The fraction of sp³-hybridized carbons (Fsp3) is 0.607. The van der Waals surface area contributed by atoms with E-state index in [0.717, 1.165) is 23.1 Å². The van der Waals surface area contributed by atoms with Gasteiger partial charge in [0.05, 0.1) is 29.8 Å². The zero-order chi connectivity index (χ0) is 23.2. The molecule has 3 aliphatic carbocycles. The van der Waals surface area contributed by atoms with E-state index in [2.05, 4.69) is 50.9 Å². The van der Waals surface area contributed by atoms with Crippen LogP contribution in [0.5, 0.6) is 0 Å². The Balaban J connectivity index is 1.50. The summed E-state index contributed by atoms with van der Waals surface area (Å²) in [6, 6.07) is 10.1. The molecule has 2 saturated carbocycles. The minimum atomic E-state index is -1.13. The van der Waals surface area contributed by atoms with Gasteiger partial charge in [0.1, 0.15) is 0 Å². The van der Waals surface area contributed by atoms with E-state index in [1.54, 1.807) is 0 Å². The minimum Gasteiger partial charge on any atom is -0.390 e. The first kappa shape index (κ1) is 21.6. The first-order valence-corrected chi connectivity index (χ1v) is 12.5. The molecule has 2 heterocycles. The molecule has 5 aliphatic rings. The van der Waals surface area contributed by atoms with Gasteiger partial charge in [-0.1, -0.05) is 62.4 Å². The summed E-state index contributed by atoms with van der Waals surface area (Å²) < 4.78 is 6.70. The summed E-state index contributed by atoms with van der Waals surface area (Å²) in [5, 5.41) is 26.7. The Morgan fingerprint density at radius 3 is 2.64 bits per heavy atom. The summed E-state index contributed by atoms with van der Waals surface area (Å²) >= 11 is 0. The second-order valence-electron chi connectivity index (χ2n) is 11.4. The highest BCUT2D eigenvalue weighted by Gasteiger charge is 2.77. The molecule has 2 saturated heterocycles. The molecule has 176 valence electrons. The molecule has 0 bridgehead atoms. The number of rotatable bonds is 2. The zero-order valence-corrected chi connectivity index (χ0v) is 19.6. The van der Waals surface area contributed by atoms with Crippen LogP contribution in [0, 0.1) is 40.9 Å². The van der Waals surface area contributed by atoms with Gasteiger partial charge in [-0.15, -0.1) is 0 Å². The Labute approximate surface area is 195 Å². The molecule has 0 unspecified atom stereocenters. The lowest BCUT2D eigenvalue weighted by molar-refractivity contribution is -0.196. The first-order valence-electron chi connectivity index (χ1n) is 12.5. The average Bonchev–Trinajstić information content (AvgIpc) is 3.23. The number of hydrogen-bond acceptors (Lipinski definition) is 4. The van der Waals surface area contributed by atoms with Gasteiger partial charge in [0, 0.05) is 29.7 Å². The van der Waals surface area contributed by atoms with Crippen molar-refractivity contribution >= 4 is 5.91 Å². The Bertz CT molecular complexity index is 1020. The van der Waals surface area contributed by atoms with Crippen LogP contribution in [-0.2, 0) is 16.0 Å². The number of ether oxygens (including phenoxy) is 1. The van der Waals surface area contributed by atoms with E-state index in [1.165, 1.54) is 0 Å². The zero-order valence-electron chi connectivity index (χ0n) is 19.6. The van der Waals surface area contributed by atoms with Crippen molar-refractivity contribution in [3.05, 3.63) is 59.7 Å². The smallest absolute Gasteiger partial charge is 0.229 e. The summed E-state index contributed by atoms with van der Waals surface area (Å²) in [6.07, 6.45) is 1.37. The Morgan fingerprint density at radius 1 is 1.18 bits per heavy atom. The van der Waals surface area contributed by atoms with Crippen molar-refractivity contribution in [3.63, 3.8) is 0 Å². The lowest BCUT2D eigenvalue weighted by atomic mass is 9.44. The van der Waals surface area contributed by atoms with E-state index in [4.69, 9.17) is 4.74 Å². The molecule has 6 rings (SSSR count). The van der Waals surface area contributed by atoms with Crippen molar-refractivity contribution in [2.45, 2.75) is 64.1 Å². The average molecular weight is 450 g/mol. The maximum atomic E-state index is 14.0. The SMILES string of the molecule is C=C1[C@@H](C)[C@H]2[C@H](Cc3ccccc3)NC(=O)[C@@]23[C@H]2[C@@H]4[C@H](C(C)=C[C@@H](C)C[C@H]4O[C@H]12)[C@@H](O)[C@H]3O. The summed E-state index contributed by atoms with van der Waals surface area (Å²) in [7, 11) is 0. The molecule has 1 aromatic rings. The number of aliphatic hydroxyl groups excluding tert-OH is 2. The van der Waals surface area contributed by atoms with Crippen molar-refractivity contribution < 1.29 is 19.7 Å². The third kappa shape index (κ3) is 2.67. The topological polar surface area (TPSA) is 78.8 Å². The molecule has 12 atom stereocenters. The van der Waals surface area contributed by atoms with Crippen molar-refractivity contribution in [2.24, 2.45) is 40.9 Å². The molecule has 2 aliphatic heterocycles. The first-order chi connectivity index (χ1) is 15.8. The van der Waals surface area contributed by atoms with E-state index >= 15 is 0 Å². The molecule has 0 aromatic heterocycles. The quantitative estimate of drug-likeness (QED) is 0.607. The molecule has 0 radical (unpaired) electrons.